The lowest BCUT2D eigenvalue weighted by atomic mass is 9.91. The minimum absolute atomic E-state index is 0.390. The molecule has 1 atom stereocenters. The highest BCUT2D eigenvalue weighted by molar-refractivity contribution is 5.40. The third kappa shape index (κ3) is 2.64. The predicted molar refractivity (Wildman–Crippen MR) is 77.6 cm³/mol. The van der Waals surface area contributed by atoms with Gasteiger partial charge in [-0.3, -0.25) is 0 Å². The minimum Gasteiger partial charge on any atom is -0.493 e. The second-order valence-corrected chi connectivity index (χ2v) is 5.09. The van der Waals surface area contributed by atoms with Crippen LogP contribution >= 0.6 is 0 Å². The zero-order valence-corrected chi connectivity index (χ0v) is 11.0. The van der Waals surface area contributed by atoms with Crippen molar-refractivity contribution in [2.45, 2.75) is 18.8 Å². The molecule has 2 aromatic rings. The largest absolute Gasteiger partial charge is 0.493 e. The smallest absolute Gasteiger partial charge is 0.122 e. The molecule has 0 aliphatic carbocycles. The van der Waals surface area contributed by atoms with Crippen molar-refractivity contribution in [3.8, 4) is 5.75 Å². The Balaban J connectivity index is 1.80. The van der Waals surface area contributed by atoms with Crippen LogP contribution in [-0.2, 0) is 12.8 Å². The highest BCUT2D eigenvalue weighted by Gasteiger charge is 2.15. The average Bonchev–Trinajstić information content (AvgIpc) is 2.93. The van der Waals surface area contributed by atoms with Crippen LogP contribution in [-0.4, -0.2) is 13.2 Å². The van der Waals surface area contributed by atoms with Gasteiger partial charge in [-0.25, -0.2) is 0 Å². The number of hydrogen-bond donors (Lipinski definition) is 1. The molecule has 1 heterocycles. The predicted octanol–water partition coefficient (Wildman–Crippen LogP) is 2.91. The standard InChI is InChI=1S/C17H19NO/c18-12-16(14-4-2-1-3-5-14)11-13-6-7-17-15(10-13)8-9-19-17/h1-7,10,16H,8-9,11-12,18H2. The lowest BCUT2D eigenvalue weighted by Gasteiger charge is -2.15. The molecule has 2 nitrogen and oxygen atoms in total. The van der Waals surface area contributed by atoms with Crippen LogP contribution in [0.3, 0.4) is 0 Å². The molecule has 19 heavy (non-hydrogen) atoms. The van der Waals surface area contributed by atoms with Gasteiger partial charge in [0.25, 0.3) is 0 Å². The molecule has 1 aliphatic rings. The van der Waals surface area contributed by atoms with Crippen molar-refractivity contribution in [3.05, 3.63) is 65.2 Å². The number of ether oxygens (including phenoxy) is 1. The molecule has 0 fully saturated rings. The average molecular weight is 253 g/mol. The molecule has 3 rings (SSSR count). The monoisotopic (exact) mass is 253 g/mol. The first-order valence-corrected chi connectivity index (χ1v) is 6.86. The third-order valence-corrected chi connectivity index (χ3v) is 3.79. The Labute approximate surface area is 114 Å². The van der Waals surface area contributed by atoms with Gasteiger partial charge in [0.2, 0.25) is 0 Å². The summed E-state index contributed by atoms with van der Waals surface area (Å²) in [5.41, 5.74) is 9.95. The van der Waals surface area contributed by atoms with Crippen LogP contribution < -0.4 is 10.5 Å². The van der Waals surface area contributed by atoms with E-state index in [1.807, 2.05) is 6.07 Å². The van der Waals surface area contributed by atoms with Gasteiger partial charge in [-0.2, -0.15) is 0 Å². The number of fused-ring (bicyclic) bond motifs is 1. The Kier molecular flexibility index (Phi) is 3.51. The molecule has 2 aromatic carbocycles. The molecule has 98 valence electrons. The summed E-state index contributed by atoms with van der Waals surface area (Å²) in [6.45, 7) is 1.50. The van der Waals surface area contributed by atoms with E-state index in [-0.39, 0.29) is 0 Å². The van der Waals surface area contributed by atoms with Gasteiger partial charge in [0.15, 0.2) is 0 Å². The molecule has 0 aromatic heterocycles. The van der Waals surface area contributed by atoms with Crippen LogP contribution in [0, 0.1) is 0 Å². The SMILES string of the molecule is NCC(Cc1ccc2c(c1)CCO2)c1ccccc1. The summed E-state index contributed by atoms with van der Waals surface area (Å²) in [5.74, 6) is 1.44. The van der Waals surface area contributed by atoms with E-state index in [9.17, 15) is 0 Å². The molecule has 2 N–H and O–H groups in total. The van der Waals surface area contributed by atoms with Gasteiger partial charge in [0.1, 0.15) is 5.75 Å². The number of hydrogen-bond acceptors (Lipinski definition) is 2. The first-order valence-electron chi connectivity index (χ1n) is 6.86. The second kappa shape index (κ2) is 5.45. The molecule has 1 aliphatic heterocycles. The summed E-state index contributed by atoms with van der Waals surface area (Å²) in [6.07, 6.45) is 2.02. The van der Waals surface area contributed by atoms with E-state index in [4.69, 9.17) is 10.5 Å². The molecular formula is C17H19NO. The number of nitrogens with two attached hydrogens (primary N) is 1. The van der Waals surface area contributed by atoms with Crippen molar-refractivity contribution in [2.24, 2.45) is 5.73 Å². The Hall–Kier alpha value is -1.80. The maximum Gasteiger partial charge on any atom is 0.122 e. The first kappa shape index (κ1) is 12.2. The van der Waals surface area contributed by atoms with Crippen LogP contribution in [0.4, 0.5) is 0 Å². The molecule has 0 radical (unpaired) electrons. The number of rotatable bonds is 4. The fraction of sp³-hybridized carbons (Fsp3) is 0.294. The van der Waals surface area contributed by atoms with E-state index in [0.29, 0.717) is 12.5 Å². The maximum absolute atomic E-state index is 5.94. The normalized spacial score (nSPS) is 14.8. The summed E-state index contributed by atoms with van der Waals surface area (Å²) in [4.78, 5) is 0. The summed E-state index contributed by atoms with van der Waals surface area (Å²) in [6, 6.07) is 17.1. The highest BCUT2D eigenvalue weighted by Crippen LogP contribution is 2.28. The highest BCUT2D eigenvalue weighted by atomic mass is 16.5. The Bertz CT molecular complexity index is 550. The summed E-state index contributed by atoms with van der Waals surface area (Å²) < 4.78 is 5.54. The molecule has 0 bridgehead atoms. The van der Waals surface area contributed by atoms with Gasteiger partial charge >= 0.3 is 0 Å². The van der Waals surface area contributed by atoms with Gasteiger partial charge in [0.05, 0.1) is 6.61 Å². The van der Waals surface area contributed by atoms with E-state index < -0.39 is 0 Å². The number of benzene rings is 2. The zero-order chi connectivity index (χ0) is 13.1. The van der Waals surface area contributed by atoms with Crippen LogP contribution in [0.2, 0.25) is 0 Å². The molecule has 0 saturated carbocycles. The third-order valence-electron chi connectivity index (χ3n) is 3.79. The van der Waals surface area contributed by atoms with Crippen molar-refractivity contribution in [2.75, 3.05) is 13.2 Å². The Morgan fingerprint density at radius 1 is 1.11 bits per heavy atom. The second-order valence-electron chi connectivity index (χ2n) is 5.09. The summed E-state index contributed by atoms with van der Waals surface area (Å²) >= 11 is 0. The van der Waals surface area contributed by atoms with Gasteiger partial charge in [-0.05, 0) is 35.7 Å². The van der Waals surface area contributed by atoms with Crippen molar-refractivity contribution < 1.29 is 4.74 Å². The van der Waals surface area contributed by atoms with Gasteiger partial charge in [-0.1, -0.05) is 42.5 Å². The molecule has 0 amide bonds. The summed E-state index contributed by atoms with van der Waals surface area (Å²) in [5, 5.41) is 0. The van der Waals surface area contributed by atoms with Crippen molar-refractivity contribution in [3.63, 3.8) is 0 Å². The molecule has 1 unspecified atom stereocenters. The lowest BCUT2D eigenvalue weighted by Crippen LogP contribution is -2.15. The van der Waals surface area contributed by atoms with Crippen molar-refractivity contribution in [1.29, 1.82) is 0 Å². The van der Waals surface area contributed by atoms with E-state index in [0.717, 1.165) is 25.2 Å². The van der Waals surface area contributed by atoms with Crippen molar-refractivity contribution >= 4 is 0 Å². The first-order chi connectivity index (χ1) is 9.36. The van der Waals surface area contributed by atoms with Crippen LogP contribution in [0.25, 0.3) is 0 Å². The molecular weight excluding hydrogens is 234 g/mol. The van der Waals surface area contributed by atoms with Gasteiger partial charge in [0, 0.05) is 12.3 Å². The quantitative estimate of drug-likeness (QED) is 0.909. The molecule has 0 spiro atoms. The topological polar surface area (TPSA) is 35.2 Å². The van der Waals surface area contributed by atoms with E-state index in [1.54, 1.807) is 0 Å². The lowest BCUT2D eigenvalue weighted by molar-refractivity contribution is 0.357. The minimum atomic E-state index is 0.390. The fourth-order valence-electron chi connectivity index (χ4n) is 2.71. The maximum atomic E-state index is 5.94. The van der Waals surface area contributed by atoms with Gasteiger partial charge < -0.3 is 10.5 Å². The Morgan fingerprint density at radius 3 is 2.74 bits per heavy atom. The van der Waals surface area contributed by atoms with E-state index in [1.165, 1.54) is 16.7 Å². The van der Waals surface area contributed by atoms with Crippen LogP contribution in [0.5, 0.6) is 5.75 Å². The van der Waals surface area contributed by atoms with Crippen LogP contribution in [0.1, 0.15) is 22.6 Å². The summed E-state index contributed by atoms with van der Waals surface area (Å²) in [7, 11) is 0. The molecule has 0 saturated heterocycles. The van der Waals surface area contributed by atoms with Crippen LogP contribution in [0.15, 0.2) is 48.5 Å². The zero-order valence-electron chi connectivity index (χ0n) is 11.0. The Morgan fingerprint density at radius 2 is 1.95 bits per heavy atom. The molecule has 2 heteroatoms. The fourth-order valence-corrected chi connectivity index (χ4v) is 2.71. The van der Waals surface area contributed by atoms with Gasteiger partial charge in [-0.15, -0.1) is 0 Å². The van der Waals surface area contributed by atoms with Crippen molar-refractivity contribution in [1.82, 2.24) is 0 Å². The van der Waals surface area contributed by atoms with E-state index >= 15 is 0 Å². The van der Waals surface area contributed by atoms with E-state index in [2.05, 4.69) is 42.5 Å².